The van der Waals surface area contributed by atoms with Crippen molar-refractivity contribution in [3.05, 3.63) is 0 Å². The van der Waals surface area contributed by atoms with Gasteiger partial charge in [-0.3, -0.25) is 4.79 Å². The molecule has 60 valence electrons. The molecule has 0 fully saturated rings. The fraction of sp³-hybridized carbons (Fsp3) is 0.400. The molecule has 1 amide bonds. The molecule has 0 aromatic carbocycles. The predicted octanol–water partition coefficient (Wildman–Crippen LogP) is -1.92. The zero-order chi connectivity index (χ0) is 8.43. The molecule has 0 saturated carbocycles. The number of nitrogens with two attached hydrogens (primary N) is 1. The molecule has 11 heavy (non-hydrogen) atoms. The van der Waals surface area contributed by atoms with Crippen LogP contribution >= 0.6 is 11.8 Å². The van der Waals surface area contributed by atoms with Crippen LogP contribution in [0.1, 0.15) is 6.42 Å². The fourth-order valence-electron chi connectivity index (χ4n) is 0.672. The Balaban J connectivity index is 2.72. The highest BCUT2D eigenvalue weighted by atomic mass is 32.2. The van der Waals surface area contributed by atoms with E-state index in [0.717, 1.165) is 11.8 Å². The Kier molecular flexibility index (Phi) is 2.13. The monoisotopic (exact) mass is 173 g/mol. The summed E-state index contributed by atoms with van der Waals surface area (Å²) in [5, 5.41) is 9.37. The largest absolute Gasteiger partial charge is 0.549 e. The van der Waals surface area contributed by atoms with Gasteiger partial charge in [-0.2, -0.15) is 4.99 Å². The molecule has 0 saturated heterocycles. The SMILES string of the molecule is NC1=NC(=O)CC(C(=O)[O-])S1. The van der Waals surface area contributed by atoms with E-state index in [1.165, 1.54) is 0 Å². The predicted molar refractivity (Wildman–Crippen MR) is 37.6 cm³/mol. The van der Waals surface area contributed by atoms with Crippen molar-refractivity contribution >= 4 is 28.8 Å². The van der Waals surface area contributed by atoms with Crippen LogP contribution in [0.25, 0.3) is 0 Å². The van der Waals surface area contributed by atoms with Crippen LogP contribution in [0, 0.1) is 0 Å². The van der Waals surface area contributed by atoms with Gasteiger partial charge in [0.1, 0.15) is 0 Å². The van der Waals surface area contributed by atoms with Gasteiger partial charge in [-0.25, -0.2) is 0 Å². The first-order valence-corrected chi connectivity index (χ1v) is 3.72. The molecule has 0 aromatic rings. The first kappa shape index (κ1) is 8.06. The summed E-state index contributed by atoms with van der Waals surface area (Å²) in [5.74, 6) is -1.78. The first-order valence-electron chi connectivity index (χ1n) is 2.84. The van der Waals surface area contributed by atoms with Gasteiger partial charge in [-0.05, 0) is 0 Å². The van der Waals surface area contributed by atoms with E-state index in [-0.39, 0.29) is 11.6 Å². The van der Waals surface area contributed by atoms with Crippen molar-refractivity contribution in [1.29, 1.82) is 0 Å². The number of carbonyl (C=O) groups excluding carboxylic acids is 2. The van der Waals surface area contributed by atoms with Crippen LogP contribution < -0.4 is 10.8 Å². The molecule has 0 bridgehead atoms. The molecule has 1 rings (SSSR count). The molecule has 1 atom stereocenters. The normalized spacial score (nSPS) is 24.5. The topological polar surface area (TPSA) is 95.6 Å². The highest BCUT2D eigenvalue weighted by molar-refractivity contribution is 8.15. The molecule has 1 aliphatic rings. The lowest BCUT2D eigenvalue weighted by Gasteiger charge is -2.18. The molecule has 5 nitrogen and oxygen atoms in total. The second-order valence-electron chi connectivity index (χ2n) is 1.97. The number of rotatable bonds is 1. The first-order chi connectivity index (χ1) is 5.09. The van der Waals surface area contributed by atoms with Crippen LogP contribution in [0.2, 0.25) is 0 Å². The van der Waals surface area contributed by atoms with Gasteiger partial charge in [-0.15, -0.1) is 0 Å². The smallest absolute Gasteiger partial charge is 0.249 e. The molecule has 0 radical (unpaired) electrons. The number of hydrogen-bond donors (Lipinski definition) is 1. The third-order valence-corrected chi connectivity index (χ3v) is 2.10. The summed E-state index contributed by atoms with van der Waals surface area (Å²) in [4.78, 5) is 24.2. The van der Waals surface area contributed by atoms with E-state index in [0.29, 0.717) is 0 Å². The van der Waals surface area contributed by atoms with Gasteiger partial charge in [0.15, 0.2) is 5.17 Å². The highest BCUT2D eigenvalue weighted by Gasteiger charge is 2.21. The zero-order valence-corrected chi connectivity index (χ0v) is 6.26. The standard InChI is InChI=1S/C5H6N2O3S/c6-5-7-3(8)1-2(11-5)4(9)10/h2H,1H2,(H,9,10)(H2,6,7,8)/p-1. The van der Waals surface area contributed by atoms with Crippen molar-refractivity contribution in [1.82, 2.24) is 0 Å². The lowest BCUT2D eigenvalue weighted by molar-refractivity contribution is -0.304. The Morgan fingerprint density at radius 2 is 2.45 bits per heavy atom. The minimum Gasteiger partial charge on any atom is -0.549 e. The number of amidine groups is 1. The Labute approximate surface area is 66.7 Å². The van der Waals surface area contributed by atoms with E-state index in [1.54, 1.807) is 0 Å². The maximum absolute atomic E-state index is 10.6. The van der Waals surface area contributed by atoms with Crippen LogP contribution in [0.3, 0.4) is 0 Å². The van der Waals surface area contributed by atoms with Gasteiger partial charge >= 0.3 is 0 Å². The van der Waals surface area contributed by atoms with Gasteiger partial charge in [0.25, 0.3) is 0 Å². The van der Waals surface area contributed by atoms with Gasteiger partial charge in [-0.1, -0.05) is 11.8 Å². The third-order valence-electron chi connectivity index (χ3n) is 1.12. The van der Waals surface area contributed by atoms with Crippen LogP contribution in [-0.4, -0.2) is 22.3 Å². The number of nitrogens with zero attached hydrogens (tertiary/aromatic N) is 1. The van der Waals surface area contributed by atoms with Crippen LogP contribution in [0.15, 0.2) is 4.99 Å². The summed E-state index contributed by atoms with van der Waals surface area (Å²) >= 11 is 0.843. The number of amides is 1. The molecule has 1 heterocycles. The maximum atomic E-state index is 10.6. The van der Waals surface area contributed by atoms with Crippen molar-refractivity contribution in [2.45, 2.75) is 11.7 Å². The summed E-state index contributed by atoms with van der Waals surface area (Å²) in [7, 11) is 0. The van der Waals surface area contributed by atoms with E-state index in [2.05, 4.69) is 4.99 Å². The molecule has 0 spiro atoms. The van der Waals surface area contributed by atoms with Crippen LogP contribution in [-0.2, 0) is 9.59 Å². The summed E-state index contributed by atoms with van der Waals surface area (Å²) in [5.41, 5.74) is 5.15. The van der Waals surface area contributed by atoms with E-state index in [4.69, 9.17) is 5.73 Å². The number of thioether (sulfide) groups is 1. The number of aliphatic imine (C=N–C) groups is 1. The number of aliphatic carboxylic acids is 1. The van der Waals surface area contributed by atoms with Gasteiger partial charge in [0, 0.05) is 6.42 Å². The second-order valence-corrected chi connectivity index (χ2v) is 3.20. The Morgan fingerprint density at radius 1 is 1.82 bits per heavy atom. The quantitative estimate of drug-likeness (QED) is 0.498. The third kappa shape index (κ3) is 1.94. The van der Waals surface area contributed by atoms with Crippen molar-refractivity contribution in [2.75, 3.05) is 0 Å². The Hall–Kier alpha value is -1.04. The zero-order valence-electron chi connectivity index (χ0n) is 5.44. The van der Waals surface area contributed by atoms with Crippen molar-refractivity contribution in [3.8, 4) is 0 Å². The maximum Gasteiger partial charge on any atom is 0.249 e. The Morgan fingerprint density at radius 3 is 2.91 bits per heavy atom. The summed E-state index contributed by atoms with van der Waals surface area (Å²) < 4.78 is 0. The second kappa shape index (κ2) is 2.91. The van der Waals surface area contributed by atoms with Gasteiger partial charge in [0.2, 0.25) is 5.91 Å². The average molecular weight is 173 g/mol. The van der Waals surface area contributed by atoms with Crippen molar-refractivity contribution < 1.29 is 14.7 Å². The fourth-order valence-corrected chi connectivity index (χ4v) is 1.44. The van der Waals surface area contributed by atoms with Crippen molar-refractivity contribution in [3.63, 3.8) is 0 Å². The number of carbonyl (C=O) groups is 2. The summed E-state index contributed by atoms with van der Waals surface area (Å²) in [6.07, 6.45) is -0.131. The number of hydrogen-bond acceptors (Lipinski definition) is 5. The van der Waals surface area contributed by atoms with E-state index < -0.39 is 17.1 Å². The molecule has 2 N–H and O–H groups in total. The summed E-state index contributed by atoms with van der Waals surface area (Å²) in [6, 6.07) is 0. The molecule has 6 heteroatoms. The minimum absolute atomic E-state index is 0.00421. The Bertz CT molecular complexity index is 238. The highest BCUT2D eigenvalue weighted by Crippen LogP contribution is 2.19. The molecule has 0 aromatic heterocycles. The van der Waals surface area contributed by atoms with E-state index >= 15 is 0 Å². The molecule has 1 unspecified atom stereocenters. The van der Waals surface area contributed by atoms with Gasteiger partial charge < -0.3 is 15.6 Å². The van der Waals surface area contributed by atoms with E-state index in [1.807, 2.05) is 0 Å². The van der Waals surface area contributed by atoms with Crippen LogP contribution in [0.4, 0.5) is 0 Å². The summed E-state index contributed by atoms with van der Waals surface area (Å²) in [6.45, 7) is 0. The molecular weight excluding hydrogens is 168 g/mol. The average Bonchev–Trinajstić information content (AvgIpc) is 1.85. The molecule has 0 aliphatic carbocycles. The van der Waals surface area contributed by atoms with Gasteiger partial charge in [0.05, 0.1) is 11.2 Å². The molecular formula is C5H5N2O3S-. The molecule has 1 aliphatic heterocycles. The number of carboxylic acids is 1. The van der Waals surface area contributed by atoms with Crippen LogP contribution in [0.5, 0.6) is 0 Å². The number of carboxylic acid groups (broad SMARTS) is 1. The van der Waals surface area contributed by atoms with E-state index in [9.17, 15) is 14.7 Å². The lowest BCUT2D eigenvalue weighted by Crippen LogP contribution is -2.38. The lowest BCUT2D eigenvalue weighted by atomic mass is 10.3. The van der Waals surface area contributed by atoms with Crippen molar-refractivity contribution in [2.24, 2.45) is 10.7 Å². The minimum atomic E-state index is -1.28.